The molecule has 5 N–H and O–H groups in total. The summed E-state index contributed by atoms with van der Waals surface area (Å²) in [4.78, 5) is 25.5. The normalized spacial score (nSPS) is 10.7. The fourth-order valence-corrected chi connectivity index (χ4v) is 3.33. The first-order valence-electron chi connectivity index (χ1n) is 10.9. The van der Waals surface area contributed by atoms with Crippen molar-refractivity contribution in [3.63, 3.8) is 0 Å². The molecule has 0 fully saturated rings. The van der Waals surface area contributed by atoms with Crippen molar-refractivity contribution in [3.05, 3.63) is 23.8 Å². The predicted octanol–water partition coefficient (Wildman–Crippen LogP) is 4.82. The molecule has 0 saturated heterocycles. The summed E-state index contributed by atoms with van der Waals surface area (Å²) >= 11 is 0. The zero-order chi connectivity index (χ0) is 21.5. The van der Waals surface area contributed by atoms with Crippen LogP contribution in [0.3, 0.4) is 0 Å². The summed E-state index contributed by atoms with van der Waals surface area (Å²) in [6, 6.07) is 2.92. The van der Waals surface area contributed by atoms with Crippen LogP contribution in [0.4, 0.5) is 4.79 Å². The van der Waals surface area contributed by atoms with Gasteiger partial charge in [0.15, 0.2) is 0 Å². The Morgan fingerprint density at radius 2 is 1.41 bits per heavy atom. The lowest BCUT2D eigenvalue weighted by molar-refractivity contribution is 0.0795. The number of carbonyl (C=O) groups excluding carboxylic acids is 2. The van der Waals surface area contributed by atoms with E-state index in [1.807, 2.05) is 5.43 Å². The third-order valence-electron chi connectivity index (χ3n) is 5.06. The number of nitrogens with one attached hydrogen (secondary N) is 1. The fraction of sp³-hybridized carbons (Fsp3) is 0.636. The fourth-order valence-electron chi connectivity index (χ4n) is 3.33. The van der Waals surface area contributed by atoms with Gasteiger partial charge in [-0.25, -0.2) is 10.6 Å². The molecule has 164 valence electrons. The van der Waals surface area contributed by atoms with E-state index in [0.717, 1.165) is 30.2 Å². The van der Waals surface area contributed by atoms with Crippen LogP contribution >= 0.6 is 0 Å². The summed E-state index contributed by atoms with van der Waals surface area (Å²) in [5, 5.41) is 19.2. The second kappa shape index (κ2) is 14.7. The van der Waals surface area contributed by atoms with Crippen LogP contribution in [0.25, 0.3) is 0 Å². The molecule has 0 saturated carbocycles. The lowest BCUT2D eigenvalue weighted by atomic mass is 10.1. The van der Waals surface area contributed by atoms with Gasteiger partial charge in [-0.1, -0.05) is 77.6 Å². The van der Waals surface area contributed by atoms with Crippen LogP contribution in [0.15, 0.2) is 18.2 Å². The minimum absolute atomic E-state index is 0.0506. The Hall–Kier alpha value is -2.28. The van der Waals surface area contributed by atoms with Gasteiger partial charge >= 0.3 is 6.03 Å². The summed E-state index contributed by atoms with van der Waals surface area (Å²) in [5.74, 6) is 4.01. The van der Waals surface area contributed by atoms with Gasteiger partial charge in [0.2, 0.25) is 0 Å². The van der Waals surface area contributed by atoms with Gasteiger partial charge in [-0.05, 0) is 18.6 Å². The minimum atomic E-state index is -0.717. The smallest absolute Gasteiger partial charge is 0.338 e. The Labute approximate surface area is 174 Å². The van der Waals surface area contributed by atoms with Crippen LogP contribution in [-0.4, -0.2) is 33.6 Å². The van der Waals surface area contributed by atoms with Gasteiger partial charge in [0.1, 0.15) is 11.5 Å². The number of phenolic OH excluding ortho intramolecular Hbond substituents is 2. The van der Waals surface area contributed by atoms with Crippen molar-refractivity contribution in [2.75, 3.05) is 6.54 Å². The molecule has 0 spiro atoms. The summed E-state index contributed by atoms with van der Waals surface area (Å²) in [5.41, 5.74) is 1.92. The van der Waals surface area contributed by atoms with E-state index in [0.29, 0.717) is 6.42 Å². The van der Waals surface area contributed by atoms with E-state index in [1.165, 1.54) is 63.5 Å². The minimum Gasteiger partial charge on any atom is -0.508 e. The summed E-state index contributed by atoms with van der Waals surface area (Å²) in [6.45, 7) is 2.45. The van der Waals surface area contributed by atoms with Crippen LogP contribution in [-0.2, 0) is 0 Å². The monoisotopic (exact) mass is 407 g/mol. The number of hydrogen-bond donors (Lipinski definition) is 4. The maximum absolute atomic E-state index is 12.6. The number of hydrazine groups is 1. The molecular formula is C22H37N3O4. The molecule has 0 radical (unpaired) electrons. The van der Waals surface area contributed by atoms with E-state index in [1.54, 1.807) is 0 Å². The zero-order valence-electron chi connectivity index (χ0n) is 17.7. The number of aromatic hydroxyl groups is 2. The maximum Gasteiger partial charge on any atom is 0.338 e. The molecular weight excluding hydrogens is 370 g/mol. The van der Waals surface area contributed by atoms with Crippen molar-refractivity contribution < 1.29 is 19.8 Å². The number of carbonyl (C=O) groups is 2. The molecule has 3 amide bonds. The standard InChI is InChI=1S/C22H37N3O4/c1-2-3-4-5-6-7-8-9-10-11-12-13-16-25(22(29)24-23)21(28)19-15-14-18(26)17-20(19)27/h14-15,17,26-27H,2-13,16,23H2,1H3,(H,24,29). The van der Waals surface area contributed by atoms with Crippen LogP contribution in [0.1, 0.15) is 94.3 Å². The predicted molar refractivity (Wildman–Crippen MR) is 115 cm³/mol. The van der Waals surface area contributed by atoms with Gasteiger partial charge in [-0.3, -0.25) is 15.1 Å². The molecule has 1 rings (SSSR count). The molecule has 0 aliphatic heterocycles. The van der Waals surface area contributed by atoms with E-state index in [9.17, 15) is 19.8 Å². The van der Waals surface area contributed by atoms with E-state index < -0.39 is 11.9 Å². The van der Waals surface area contributed by atoms with Crippen molar-refractivity contribution in [2.24, 2.45) is 5.84 Å². The quantitative estimate of drug-likeness (QED) is 0.153. The summed E-state index contributed by atoms with van der Waals surface area (Å²) in [6.07, 6.45) is 14.3. The molecule has 0 atom stereocenters. The first-order chi connectivity index (χ1) is 14.0. The number of benzene rings is 1. The Kier molecular flexibility index (Phi) is 12.5. The van der Waals surface area contributed by atoms with Crippen molar-refractivity contribution in [1.82, 2.24) is 10.3 Å². The van der Waals surface area contributed by atoms with Gasteiger partial charge < -0.3 is 10.2 Å². The molecule has 0 aromatic heterocycles. The maximum atomic E-state index is 12.6. The lowest BCUT2D eigenvalue weighted by Gasteiger charge is -2.20. The number of phenols is 2. The highest BCUT2D eigenvalue weighted by molar-refractivity contribution is 6.05. The first-order valence-corrected chi connectivity index (χ1v) is 10.9. The molecule has 29 heavy (non-hydrogen) atoms. The summed E-state index contributed by atoms with van der Waals surface area (Å²) in [7, 11) is 0. The SMILES string of the molecule is CCCCCCCCCCCCCCN(C(=O)NN)C(=O)c1ccc(O)cc1O. The molecule has 0 unspecified atom stereocenters. The number of imide groups is 1. The van der Waals surface area contributed by atoms with Crippen LogP contribution in [0.5, 0.6) is 11.5 Å². The molecule has 0 bridgehead atoms. The van der Waals surface area contributed by atoms with Crippen molar-refractivity contribution in [2.45, 2.75) is 84.0 Å². The van der Waals surface area contributed by atoms with E-state index in [-0.39, 0.29) is 23.6 Å². The molecule has 7 heteroatoms. The largest absolute Gasteiger partial charge is 0.508 e. The number of unbranched alkanes of at least 4 members (excludes halogenated alkanes) is 11. The van der Waals surface area contributed by atoms with E-state index >= 15 is 0 Å². The number of rotatable bonds is 14. The summed E-state index contributed by atoms with van der Waals surface area (Å²) < 4.78 is 0. The Bertz CT molecular complexity index is 622. The molecule has 0 aliphatic rings. The number of hydrogen-bond acceptors (Lipinski definition) is 5. The first kappa shape index (κ1) is 24.8. The Balaban J connectivity index is 2.29. The Morgan fingerprint density at radius 1 is 0.897 bits per heavy atom. The van der Waals surface area contributed by atoms with E-state index in [4.69, 9.17) is 5.84 Å². The molecule has 1 aromatic rings. The van der Waals surface area contributed by atoms with Gasteiger partial charge in [-0.2, -0.15) is 0 Å². The third kappa shape index (κ3) is 9.65. The molecule has 7 nitrogen and oxygen atoms in total. The lowest BCUT2D eigenvalue weighted by Crippen LogP contribution is -2.47. The van der Waals surface area contributed by atoms with Crippen LogP contribution in [0.2, 0.25) is 0 Å². The second-order valence-electron chi connectivity index (χ2n) is 7.50. The van der Waals surface area contributed by atoms with Crippen molar-refractivity contribution in [3.8, 4) is 11.5 Å². The average Bonchev–Trinajstić information content (AvgIpc) is 2.70. The van der Waals surface area contributed by atoms with Crippen LogP contribution in [0, 0.1) is 0 Å². The number of urea groups is 1. The second-order valence-corrected chi connectivity index (χ2v) is 7.50. The van der Waals surface area contributed by atoms with Gasteiger partial charge in [-0.15, -0.1) is 0 Å². The van der Waals surface area contributed by atoms with Crippen LogP contribution < -0.4 is 11.3 Å². The zero-order valence-corrected chi connectivity index (χ0v) is 17.7. The number of nitrogens with zero attached hydrogens (tertiary/aromatic N) is 1. The molecule has 0 heterocycles. The topological polar surface area (TPSA) is 116 Å². The number of amides is 3. The Morgan fingerprint density at radius 3 is 1.90 bits per heavy atom. The van der Waals surface area contributed by atoms with Gasteiger partial charge in [0, 0.05) is 12.6 Å². The number of nitrogens with two attached hydrogens (primary N) is 1. The molecule has 0 aliphatic carbocycles. The van der Waals surface area contributed by atoms with Gasteiger partial charge in [0.25, 0.3) is 5.91 Å². The third-order valence-corrected chi connectivity index (χ3v) is 5.06. The van der Waals surface area contributed by atoms with Gasteiger partial charge in [0.05, 0.1) is 5.56 Å². The van der Waals surface area contributed by atoms with E-state index in [2.05, 4.69) is 6.92 Å². The molecule has 1 aromatic carbocycles. The van der Waals surface area contributed by atoms with Crippen molar-refractivity contribution >= 4 is 11.9 Å². The highest BCUT2D eigenvalue weighted by Gasteiger charge is 2.24. The van der Waals surface area contributed by atoms with Crippen molar-refractivity contribution in [1.29, 1.82) is 0 Å². The average molecular weight is 408 g/mol. The highest BCUT2D eigenvalue weighted by atomic mass is 16.3. The highest BCUT2D eigenvalue weighted by Crippen LogP contribution is 2.24.